The van der Waals surface area contributed by atoms with Crippen molar-refractivity contribution in [2.24, 2.45) is 7.05 Å². The number of aromatic nitrogens is 1. The number of nitrogen functional groups attached to an aromatic ring is 1. The van der Waals surface area contributed by atoms with E-state index in [1.165, 1.54) is 34.9 Å². The number of ketones is 1. The summed E-state index contributed by atoms with van der Waals surface area (Å²) in [4.78, 5) is 25.5. The molecule has 0 spiro atoms. The summed E-state index contributed by atoms with van der Waals surface area (Å²) in [5.74, 6) is -0.668. The number of nitrogens with one attached hydrogen (secondary N) is 1. The van der Waals surface area contributed by atoms with Crippen LogP contribution >= 0.6 is 12.8 Å². The highest BCUT2D eigenvalue weighted by atomic mass is 32.1. The van der Waals surface area contributed by atoms with Crippen LogP contribution in [0.2, 0.25) is 0 Å². The second-order valence-corrected chi connectivity index (χ2v) is 7.29. The number of aryl methyl sites for hydroxylation is 2. The number of thiol groups is 1. The van der Waals surface area contributed by atoms with Crippen LogP contribution < -0.4 is 16.0 Å². The molecule has 0 aliphatic heterocycles. The third-order valence-corrected chi connectivity index (χ3v) is 5.36. The average molecular weight is 412 g/mol. The van der Waals surface area contributed by atoms with Gasteiger partial charge >= 0.3 is 0 Å². The first kappa shape index (κ1) is 20.8. The minimum atomic E-state index is -0.413. The van der Waals surface area contributed by atoms with E-state index in [-0.39, 0.29) is 17.4 Å². The molecule has 7 heteroatoms. The van der Waals surface area contributed by atoms with Gasteiger partial charge in [-0.3, -0.25) is 14.3 Å². The van der Waals surface area contributed by atoms with E-state index in [1.807, 2.05) is 13.8 Å². The van der Waals surface area contributed by atoms with Crippen molar-refractivity contribution in [2.45, 2.75) is 19.9 Å². The van der Waals surface area contributed by atoms with Crippen LogP contribution in [0, 0.1) is 12.7 Å². The molecule has 0 amide bonds. The molecule has 0 aliphatic rings. The van der Waals surface area contributed by atoms with Gasteiger partial charge in [0.25, 0.3) is 5.56 Å². The number of benzene rings is 2. The summed E-state index contributed by atoms with van der Waals surface area (Å²) in [7, 11) is 1.65. The zero-order valence-electron chi connectivity index (χ0n) is 16.4. The van der Waals surface area contributed by atoms with Gasteiger partial charge in [-0.2, -0.15) is 0 Å². The van der Waals surface area contributed by atoms with E-state index in [2.05, 4.69) is 17.5 Å². The molecule has 29 heavy (non-hydrogen) atoms. The molecule has 2 aromatic carbocycles. The Hall–Kier alpha value is -2.90. The summed E-state index contributed by atoms with van der Waals surface area (Å²) in [6.07, 6.45) is 1.69. The molecule has 5 nitrogen and oxygen atoms in total. The lowest BCUT2D eigenvalue weighted by Gasteiger charge is -2.19. The zero-order valence-corrected chi connectivity index (χ0v) is 17.3. The molecule has 3 aromatic rings. The first-order valence-electron chi connectivity index (χ1n) is 9.04. The van der Waals surface area contributed by atoms with Crippen molar-refractivity contribution >= 4 is 24.3 Å². The van der Waals surface area contributed by atoms with Crippen LogP contribution in [0.15, 0.2) is 53.5 Å². The van der Waals surface area contributed by atoms with Gasteiger partial charge in [0, 0.05) is 47.7 Å². The van der Waals surface area contributed by atoms with Gasteiger partial charge in [0.05, 0.1) is 0 Å². The van der Waals surface area contributed by atoms with E-state index in [4.69, 9.17) is 5.73 Å². The van der Waals surface area contributed by atoms with Crippen LogP contribution in [-0.4, -0.2) is 10.4 Å². The molecule has 0 aliphatic carbocycles. The zero-order chi connectivity index (χ0) is 21.3. The number of carbonyl (C=O) groups excluding carboxylic acids is 1. The summed E-state index contributed by atoms with van der Waals surface area (Å²) in [6, 6.07) is 10.1. The molecular weight excluding hydrogens is 389 g/mol. The van der Waals surface area contributed by atoms with Gasteiger partial charge in [0.1, 0.15) is 5.82 Å². The van der Waals surface area contributed by atoms with E-state index in [1.54, 1.807) is 25.4 Å². The van der Waals surface area contributed by atoms with E-state index in [0.29, 0.717) is 33.5 Å². The van der Waals surface area contributed by atoms with Crippen molar-refractivity contribution in [3.05, 3.63) is 87.1 Å². The minimum Gasteiger partial charge on any atom is -0.398 e. The summed E-state index contributed by atoms with van der Waals surface area (Å²) in [6.45, 7) is 3.68. The van der Waals surface area contributed by atoms with Crippen molar-refractivity contribution in [3.8, 4) is 11.1 Å². The normalized spacial score (nSPS) is 12.0. The average Bonchev–Trinajstić information content (AvgIpc) is 2.71. The highest BCUT2D eigenvalue weighted by Crippen LogP contribution is 2.34. The standard InChI is InChI=1S/C22H22FN3O2S/c1-12-8-18(22(28)14-4-6-15(23)7-5-14)17(9-20(12)24)19-11-26(3)21(27)10-16(19)13(2)25-29/h4-11,13,25,29H,24H2,1-3H3. The Bertz CT molecular complexity index is 1140. The van der Waals surface area contributed by atoms with Crippen molar-refractivity contribution in [1.82, 2.24) is 9.29 Å². The predicted molar refractivity (Wildman–Crippen MR) is 117 cm³/mol. The molecule has 150 valence electrons. The quantitative estimate of drug-likeness (QED) is 0.339. The highest BCUT2D eigenvalue weighted by molar-refractivity contribution is 7.78. The number of nitrogens with two attached hydrogens (primary N) is 1. The maximum atomic E-state index is 13.3. The Morgan fingerprint density at radius 1 is 1.17 bits per heavy atom. The number of pyridine rings is 1. The van der Waals surface area contributed by atoms with Crippen LogP contribution in [0.3, 0.4) is 0 Å². The molecule has 1 unspecified atom stereocenters. The lowest BCUT2D eigenvalue weighted by atomic mass is 9.89. The van der Waals surface area contributed by atoms with Gasteiger partial charge in [-0.15, -0.1) is 0 Å². The third-order valence-electron chi connectivity index (χ3n) is 4.97. The van der Waals surface area contributed by atoms with Crippen LogP contribution in [0.4, 0.5) is 10.1 Å². The van der Waals surface area contributed by atoms with Crippen LogP contribution in [0.5, 0.6) is 0 Å². The number of carbonyl (C=O) groups is 1. The lowest BCUT2D eigenvalue weighted by Crippen LogP contribution is -2.20. The maximum absolute atomic E-state index is 13.3. The second kappa shape index (κ2) is 8.23. The molecule has 1 heterocycles. The molecule has 0 fully saturated rings. The number of halogens is 1. The Morgan fingerprint density at radius 3 is 2.45 bits per heavy atom. The molecular formula is C22H22FN3O2S. The molecule has 3 rings (SSSR count). The molecule has 1 aromatic heterocycles. The number of rotatable bonds is 5. The summed E-state index contributed by atoms with van der Waals surface area (Å²) in [5, 5.41) is 0. The minimum absolute atomic E-state index is 0.175. The van der Waals surface area contributed by atoms with Crippen molar-refractivity contribution < 1.29 is 9.18 Å². The predicted octanol–water partition coefficient (Wildman–Crippen LogP) is 3.81. The summed E-state index contributed by atoms with van der Waals surface area (Å²) in [5.41, 5.74) is 10.0. The number of nitrogens with zero attached hydrogens (tertiary/aromatic N) is 1. The molecule has 1 atom stereocenters. The van der Waals surface area contributed by atoms with E-state index >= 15 is 0 Å². The highest BCUT2D eigenvalue weighted by Gasteiger charge is 2.21. The fraction of sp³-hybridized carbons (Fsp3) is 0.182. The van der Waals surface area contributed by atoms with Crippen molar-refractivity contribution in [1.29, 1.82) is 0 Å². The maximum Gasteiger partial charge on any atom is 0.250 e. The molecule has 3 N–H and O–H groups in total. The number of hydrogen-bond donors (Lipinski definition) is 3. The van der Waals surface area contributed by atoms with Crippen LogP contribution in [-0.2, 0) is 7.05 Å². The molecule has 0 radical (unpaired) electrons. The first-order chi connectivity index (χ1) is 13.7. The molecule has 0 saturated heterocycles. The van der Waals surface area contributed by atoms with Crippen molar-refractivity contribution in [3.63, 3.8) is 0 Å². The Balaban J connectivity index is 2.29. The number of anilines is 1. The lowest BCUT2D eigenvalue weighted by molar-refractivity contribution is 0.103. The summed E-state index contributed by atoms with van der Waals surface area (Å²) >= 11 is 4.13. The Morgan fingerprint density at radius 2 is 1.83 bits per heavy atom. The molecule has 0 saturated carbocycles. The number of hydrogen-bond acceptors (Lipinski definition) is 5. The smallest absolute Gasteiger partial charge is 0.250 e. The van der Waals surface area contributed by atoms with Gasteiger partial charge in [-0.25, -0.2) is 4.39 Å². The Kier molecular flexibility index (Phi) is 5.91. The topological polar surface area (TPSA) is 77.1 Å². The van der Waals surface area contributed by atoms with Gasteiger partial charge in [-0.1, -0.05) is 12.8 Å². The van der Waals surface area contributed by atoms with Crippen LogP contribution in [0.1, 0.15) is 40.0 Å². The van der Waals surface area contributed by atoms with E-state index < -0.39 is 5.82 Å². The molecule has 0 bridgehead atoms. The van der Waals surface area contributed by atoms with E-state index in [9.17, 15) is 14.0 Å². The van der Waals surface area contributed by atoms with Gasteiger partial charge in [0.2, 0.25) is 0 Å². The monoisotopic (exact) mass is 411 g/mol. The first-order valence-corrected chi connectivity index (χ1v) is 9.48. The second-order valence-electron chi connectivity index (χ2n) is 7.03. The van der Waals surface area contributed by atoms with E-state index in [0.717, 1.165) is 5.56 Å². The SMILES string of the molecule is Cc1cc(C(=O)c2ccc(F)cc2)c(-c2cn(C)c(=O)cc2C(C)NS)cc1N. The Labute approximate surface area is 173 Å². The summed E-state index contributed by atoms with van der Waals surface area (Å²) < 4.78 is 17.6. The van der Waals surface area contributed by atoms with Gasteiger partial charge in [0.15, 0.2) is 5.78 Å². The van der Waals surface area contributed by atoms with Gasteiger partial charge < -0.3 is 10.3 Å². The van der Waals surface area contributed by atoms with Crippen molar-refractivity contribution in [2.75, 3.05) is 5.73 Å². The fourth-order valence-corrected chi connectivity index (χ4v) is 3.33. The van der Waals surface area contributed by atoms with Crippen LogP contribution in [0.25, 0.3) is 11.1 Å². The fourth-order valence-electron chi connectivity index (χ4n) is 3.19. The largest absolute Gasteiger partial charge is 0.398 e. The van der Waals surface area contributed by atoms with Gasteiger partial charge in [-0.05, 0) is 66.9 Å². The third kappa shape index (κ3) is 4.11.